The Balaban J connectivity index is 1.74. The van der Waals surface area contributed by atoms with Gasteiger partial charge in [0.15, 0.2) is 5.11 Å². The maximum absolute atomic E-state index is 5.48. The van der Waals surface area contributed by atoms with Gasteiger partial charge in [-0.15, -0.1) is 0 Å². The molecule has 4 aliphatic rings. The van der Waals surface area contributed by atoms with E-state index < -0.39 is 0 Å². The van der Waals surface area contributed by atoms with Gasteiger partial charge in [0, 0.05) is 12.6 Å². The lowest BCUT2D eigenvalue weighted by Crippen LogP contribution is -2.58. The molecule has 0 radical (unpaired) electrons. The van der Waals surface area contributed by atoms with Crippen molar-refractivity contribution in [3.63, 3.8) is 0 Å². The van der Waals surface area contributed by atoms with Crippen molar-refractivity contribution in [1.82, 2.24) is 10.6 Å². The number of nitrogens with one attached hydrogen (secondary N) is 2. The van der Waals surface area contributed by atoms with Gasteiger partial charge in [-0.3, -0.25) is 0 Å². The van der Waals surface area contributed by atoms with Crippen LogP contribution in [0, 0.1) is 23.2 Å². The van der Waals surface area contributed by atoms with Crippen LogP contribution >= 0.6 is 12.2 Å². The van der Waals surface area contributed by atoms with Gasteiger partial charge in [0.05, 0.1) is 0 Å². The Kier molecular flexibility index (Phi) is 4.26. The van der Waals surface area contributed by atoms with E-state index in [4.69, 9.17) is 12.2 Å². The summed E-state index contributed by atoms with van der Waals surface area (Å²) in [6.45, 7) is 5.35. The lowest BCUT2D eigenvalue weighted by atomic mass is 9.47. The Morgan fingerprint density at radius 3 is 2.10 bits per heavy atom. The lowest BCUT2D eigenvalue weighted by molar-refractivity contribution is -0.0720. The van der Waals surface area contributed by atoms with Gasteiger partial charge in [-0.1, -0.05) is 13.3 Å². The van der Waals surface area contributed by atoms with E-state index in [-0.39, 0.29) is 0 Å². The fourth-order valence-electron chi connectivity index (χ4n) is 5.79. The van der Waals surface area contributed by atoms with Gasteiger partial charge in [-0.05, 0) is 87.3 Å². The topological polar surface area (TPSA) is 24.1 Å². The third kappa shape index (κ3) is 2.70. The lowest BCUT2D eigenvalue weighted by Gasteiger charge is -2.59. The predicted molar refractivity (Wildman–Crippen MR) is 88.7 cm³/mol. The largest absolute Gasteiger partial charge is 0.363 e. The van der Waals surface area contributed by atoms with Gasteiger partial charge in [0.25, 0.3) is 0 Å². The van der Waals surface area contributed by atoms with Crippen LogP contribution in [0.2, 0.25) is 0 Å². The minimum absolute atomic E-state index is 0.560. The zero-order valence-electron chi connectivity index (χ0n) is 13.1. The van der Waals surface area contributed by atoms with Crippen LogP contribution in [-0.2, 0) is 0 Å². The molecule has 4 rings (SSSR count). The molecule has 0 heterocycles. The minimum Gasteiger partial charge on any atom is -0.363 e. The van der Waals surface area contributed by atoms with Crippen LogP contribution in [0.3, 0.4) is 0 Å². The molecule has 2 N–H and O–H groups in total. The maximum Gasteiger partial charge on any atom is 0.166 e. The molecule has 0 aromatic heterocycles. The molecule has 0 saturated heterocycles. The van der Waals surface area contributed by atoms with Crippen molar-refractivity contribution >= 4 is 17.3 Å². The van der Waals surface area contributed by atoms with Crippen LogP contribution in [0.4, 0.5) is 0 Å². The Hall–Kier alpha value is -0.310. The molecule has 3 heteroatoms. The van der Waals surface area contributed by atoms with Crippen LogP contribution in [0.5, 0.6) is 0 Å². The van der Waals surface area contributed by atoms with Crippen molar-refractivity contribution in [2.75, 3.05) is 6.54 Å². The number of hydrogen-bond acceptors (Lipinski definition) is 1. The molecule has 114 valence electrons. The van der Waals surface area contributed by atoms with Gasteiger partial charge in [-0.2, -0.15) is 0 Å². The van der Waals surface area contributed by atoms with E-state index >= 15 is 0 Å². The van der Waals surface area contributed by atoms with Crippen molar-refractivity contribution in [3.8, 4) is 0 Å². The first-order chi connectivity index (χ1) is 9.65. The van der Waals surface area contributed by atoms with Gasteiger partial charge < -0.3 is 10.6 Å². The summed E-state index contributed by atoms with van der Waals surface area (Å²) in [7, 11) is 0. The second kappa shape index (κ2) is 5.82. The van der Waals surface area contributed by atoms with Crippen LogP contribution in [0.15, 0.2) is 0 Å². The molecule has 20 heavy (non-hydrogen) atoms. The van der Waals surface area contributed by atoms with E-state index in [1.165, 1.54) is 51.4 Å². The van der Waals surface area contributed by atoms with Crippen molar-refractivity contribution in [1.29, 1.82) is 0 Å². The average molecular weight is 295 g/mol. The summed E-state index contributed by atoms with van der Waals surface area (Å²) < 4.78 is 0. The summed E-state index contributed by atoms with van der Waals surface area (Å²) in [5.74, 6) is 3.07. The van der Waals surface area contributed by atoms with Crippen LogP contribution < -0.4 is 10.6 Å². The van der Waals surface area contributed by atoms with E-state index in [0.29, 0.717) is 11.5 Å². The third-order valence-corrected chi connectivity index (χ3v) is 6.31. The van der Waals surface area contributed by atoms with E-state index in [9.17, 15) is 0 Å². The second-order valence-corrected chi connectivity index (χ2v) is 8.03. The molecular formula is C17H30N2S. The molecule has 1 atom stereocenters. The first-order valence-electron chi connectivity index (χ1n) is 8.69. The Morgan fingerprint density at radius 1 is 1.10 bits per heavy atom. The van der Waals surface area contributed by atoms with Crippen molar-refractivity contribution in [3.05, 3.63) is 0 Å². The van der Waals surface area contributed by atoms with Crippen LogP contribution in [0.1, 0.15) is 65.2 Å². The SMILES string of the molecule is CCCC(NC(=S)NCC)C12CC3CC(CC(C3)C1)C2. The van der Waals surface area contributed by atoms with E-state index in [2.05, 4.69) is 24.5 Å². The molecule has 4 bridgehead atoms. The first kappa shape index (κ1) is 14.6. The number of hydrogen-bond donors (Lipinski definition) is 2. The highest BCUT2D eigenvalue weighted by Gasteiger charge is 2.53. The molecule has 4 saturated carbocycles. The minimum atomic E-state index is 0.560. The molecule has 4 aliphatic carbocycles. The predicted octanol–water partition coefficient (Wildman–Crippen LogP) is 3.86. The fourth-order valence-corrected chi connectivity index (χ4v) is 6.08. The summed E-state index contributed by atoms with van der Waals surface area (Å²) in [5, 5.41) is 7.86. The van der Waals surface area contributed by atoms with Gasteiger partial charge >= 0.3 is 0 Å². The Morgan fingerprint density at radius 2 is 1.65 bits per heavy atom. The third-order valence-electron chi connectivity index (χ3n) is 6.04. The highest BCUT2D eigenvalue weighted by molar-refractivity contribution is 7.80. The van der Waals surface area contributed by atoms with E-state index in [0.717, 1.165) is 29.4 Å². The average Bonchev–Trinajstić information content (AvgIpc) is 2.37. The highest BCUT2D eigenvalue weighted by Crippen LogP contribution is 2.61. The van der Waals surface area contributed by atoms with Crippen molar-refractivity contribution in [2.24, 2.45) is 23.2 Å². The molecule has 4 fully saturated rings. The van der Waals surface area contributed by atoms with Gasteiger partial charge in [0.1, 0.15) is 0 Å². The summed E-state index contributed by atoms with van der Waals surface area (Å²) in [6.07, 6.45) is 11.5. The molecule has 0 spiro atoms. The molecule has 0 aliphatic heterocycles. The maximum atomic E-state index is 5.48. The van der Waals surface area contributed by atoms with E-state index in [1.54, 1.807) is 0 Å². The molecule has 2 nitrogen and oxygen atoms in total. The molecular weight excluding hydrogens is 264 g/mol. The molecule has 0 aromatic rings. The standard InChI is InChI=1S/C17H30N2S/c1-3-5-15(19-16(20)18-4-2)17-9-12-6-13(10-17)8-14(7-12)11-17/h12-15H,3-11H2,1-2H3,(H2,18,19,20). The molecule has 0 amide bonds. The van der Waals surface area contributed by atoms with E-state index in [1.807, 2.05) is 0 Å². The van der Waals surface area contributed by atoms with Crippen LogP contribution in [-0.4, -0.2) is 17.7 Å². The smallest absolute Gasteiger partial charge is 0.166 e. The number of thiocarbonyl (C=S) groups is 1. The number of rotatable bonds is 5. The van der Waals surface area contributed by atoms with Crippen molar-refractivity contribution in [2.45, 2.75) is 71.3 Å². The summed E-state index contributed by atoms with van der Waals surface area (Å²) in [4.78, 5) is 0. The summed E-state index contributed by atoms with van der Waals surface area (Å²) in [6, 6.07) is 0.604. The zero-order chi connectivity index (χ0) is 14.2. The summed E-state index contributed by atoms with van der Waals surface area (Å²) >= 11 is 5.48. The quantitative estimate of drug-likeness (QED) is 0.753. The molecule has 0 aromatic carbocycles. The monoisotopic (exact) mass is 294 g/mol. The fraction of sp³-hybridized carbons (Fsp3) is 0.941. The summed E-state index contributed by atoms with van der Waals surface area (Å²) in [5.41, 5.74) is 0.560. The Labute approximate surface area is 129 Å². The Bertz CT molecular complexity index is 331. The van der Waals surface area contributed by atoms with Gasteiger partial charge in [0.2, 0.25) is 0 Å². The normalized spacial score (nSPS) is 39.6. The van der Waals surface area contributed by atoms with Gasteiger partial charge in [-0.25, -0.2) is 0 Å². The van der Waals surface area contributed by atoms with Crippen molar-refractivity contribution < 1.29 is 0 Å². The van der Waals surface area contributed by atoms with Crippen LogP contribution in [0.25, 0.3) is 0 Å². The zero-order valence-corrected chi connectivity index (χ0v) is 13.9. The highest BCUT2D eigenvalue weighted by atomic mass is 32.1. The molecule has 1 unspecified atom stereocenters. The first-order valence-corrected chi connectivity index (χ1v) is 9.10. The second-order valence-electron chi connectivity index (χ2n) is 7.62.